The molecule has 3 aromatic heterocycles. The maximum atomic E-state index is 13.6. The second-order valence-corrected chi connectivity index (χ2v) is 14.1. The lowest BCUT2D eigenvalue weighted by Crippen LogP contribution is -2.54. The maximum absolute atomic E-state index is 13.6. The van der Waals surface area contributed by atoms with Crippen LogP contribution in [0.4, 0.5) is 9.59 Å². The minimum atomic E-state index is -1.11. The first-order valence-electron chi connectivity index (χ1n) is 18.9. The number of amides is 4. The number of H-pyrrole nitrogens is 2. The van der Waals surface area contributed by atoms with Gasteiger partial charge >= 0.3 is 12.2 Å². The van der Waals surface area contributed by atoms with E-state index in [1.807, 2.05) is 48.5 Å². The van der Waals surface area contributed by atoms with Gasteiger partial charge in [-0.15, -0.1) is 0 Å². The largest absolute Gasteiger partial charge is 0.453 e. The molecule has 1 unspecified atom stereocenters. The van der Waals surface area contributed by atoms with Crippen LogP contribution in [0.15, 0.2) is 79.4 Å². The van der Waals surface area contributed by atoms with Crippen molar-refractivity contribution in [3.05, 3.63) is 91.0 Å². The number of rotatable bonds is 13. The molecule has 17 heteroatoms. The number of nitrogens with two attached hydrogens (primary N) is 1. The SMILES string of the molecule is COC(=O)N[C@H](C(=O)N1CCC[C@H]1c1ncc(-c2ccc(-c3ccc(-c4cnc([C@@H]5CCCN5C(=O)[C@H](Cn5cccn5)OC(N)=O)[nH]4)cc3)cc2)[nH]1)C(C)OC. The first kappa shape index (κ1) is 38.8. The zero-order chi connectivity index (χ0) is 40.1. The Hall–Kier alpha value is -6.49. The van der Waals surface area contributed by atoms with E-state index in [4.69, 9.17) is 19.9 Å². The number of carbonyl (C=O) groups excluding carboxylic acids is 4. The van der Waals surface area contributed by atoms with Crippen LogP contribution in [-0.2, 0) is 30.3 Å². The summed E-state index contributed by atoms with van der Waals surface area (Å²) in [6.07, 6.45) is 6.45. The van der Waals surface area contributed by atoms with Crippen molar-refractivity contribution in [2.75, 3.05) is 27.3 Å². The highest BCUT2D eigenvalue weighted by Crippen LogP contribution is 2.35. The van der Waals surface area contributed by atoms with E-state index < -0.39 is 30.4 Å². The number of benzene rings is 2. The van der Waals surface area contributed by atoms with Gasteiger partial charge in [0.2, 0.25) is 12.0 Å². The summed E-state index contributed by atoms with van der Waals surface area (Å²) in [5, 5.41) is 6.75. The molecule has 298 valence electrons. The minimum Gasteiger partial charge on any atom is -0.453 e. The molecule has 2 saturated heterocycles. The molecule has 2 fully saturated rings. The van der Waals surface area contributed by atoms with Crippen LogP contribution in [0.1, 0.15) is 56.3 Å². The van der Waals surface area contributed by atoms with Gasteiger partial charge in [-0.25, -0.2) is 19.6 Å². The van der Waals surface area contributed by atoms with Gasteiger partial charge in [0.05, 0.1) is 55.6 Å². The van der Waals surface area contributed by atoms with Crippen molar-refractivity contribution in [2.24, 2.45) is 5.73 Å². The highest BCUT2D eigenvalue weighted by molar-refractivity contribution is 5.87. The predicted octanol–water partition coefficient (Wildman–Crippen LogP) is 4.58. The lowest BCUT2D eigenvalue weighted by Gasteiger charge is -2.30. The van der Waals surface area contributed by atoms with Crippen LogP contribution in [-0.4, -0.2) is 109 Å². The molecule has 5 aromatic rings. The Morgan fingerprint density at radius 1 is 0.825 bits per heavy atom. The summed E-state index contributed by atoms with van der Waals surface area (Å²) < 4.78 is 16.9. The van der Waals surface area contributed by atoms with Crippen LogP contribution in [0, 0.1) is 0 Å². The molecule has 57 heavy (non-hydrogen) atoms. The Labute approximate surface area is 328 Å². The van der Waals surface area contributed by atoms with Gasteiger partial charge in [0.15, 0.2) is 0 Å². The number of primary amides is 1. The molecule has 0 aliphatic carbocycles. The van der Waals surface area contributed by atoms with Crippen LogP contribution in [0.5, 0.6) is 0 Å². The average Bonchev–Trinajstić information content (AvgIpc) is 4.08. The molecule has 0 radical (unpaired) electrons. The lowest BCUT2D eigenvalue weighted by atomic mass is 10.0. The molecule has 4 amide bonds. The maximum Gasteiger partial charge on any atom is 0.407 e. The first-order chi connectivity index (χ1) is 27.6. The van der Waals surface area contributed by atoms with Gasteiger partial charge in [0.25, 0.3) is 5.91 Å². The Morgan fingerprint density at radius 3 is 1.82 bits per heavy atom. The third-order valence-electron chi connectivity index (χ3n) is 10.6. The molecular formula is C40H46N10O7. The standard InChI is InChI=1S/C40H46N10O7/c1-24(55-2)34(47-40(54)56-3)38(52)50-20-5-8-32(50)36-43-22-30(46-36)28-15-11-26(12-16-28)25-9-13-27(14-10-25)29-21-42-35(45-29)31-7-4-19-49(31)37(51)33(57-39(41)53)23-48-18-6-17-44-48/h6,9-18,21-22,24,31-34H,4-5,7-8,19-20,23H2,1-3H3,(H2,41,53)(H,42,45)(H,43,46)(H,47,54)/t24?,31-,32-,33-,34-/m0/s1. The monoisotopic (exact) mass is 778 g/mol. The van der Waals surface area contributed by atoms with E-state index in [1.165, 1.54) is 18.9 Å². The van der Waals surface area contributed by atoms with E-state index in [1.54, 1.807) is 47.6 Å². The second-order valence-electron chi connectivity index (χ2n) is 14.1. The zero-order valence-corrected chi connectivity index (χ0v) is 32.0. The number of nitrogens with one attached hydrogen (secondary N) is 3. The molecule has 5 atom stereocenters. The third kappa shape index (κ3) is 8.52. The number of ether oxygens (including phenoxy) is 3. The van der Waals surface area contributed by atoms with Crippen molar-refractivity contribution >= 4 is 24.0 Å². The van der Waals surface area contributed by atoms with Crippen molar-refractivity contribution < 1.29 is 33.4 Å². The Bertz CT molecular complexity index is 2170. The topological polar surface area (TPSA) is 216 Å². The van der Waals surface area contributed by atoms with Gasteiger partial charge < -0.3 is 45.0 Å². The Balaban J connectivity index is 0.999. The second kappa shape index (κ2) is 17.1. The number of likely N-dealkylation sites (tertiary alicyclic amines) is 2. The van der Waals surface area contributed by atoms with Crippen LogP contribution in [0.2, 0.25) is 0 Å². The van der Waals surface area contributed by atoms with Crippen LogP contribution < -0.4 is 11.1 Å². The smallest absolute Gasteiger partial charge is 0.407 e. The summed E-state index contributed by atoms with van der Waals surface area (Å²) in [6.45, 7) is 2.82. The number of hydrogen-bond acceptors (Lipinski definition) is 10. The lowest BCUT2D eigenvalue weighted by molar-refractivity contribution is -0.142. The van der Waals surface area contributed by atoms with Crippen LogP contribution in [0.25, 0.3) is 33.6 Å². The fourth-order valence-electron chi connectivity index (χ4n) is 7.57. The number of aromatic amines is 2. The van der Waals surface area contributed by atoms with E-state index in [2.05, 4.69) is 30.4 Å². The Morgan fingerprint density at radius 2 is 1.35 bits per heavy atom. The van der Waals surface area contributed by atoms with Crippen molar-refractivity contribution in [3.8, 4) is 33.6 Å². The van der Waals surface area contributed by atoms with E-state index in [-0.39, 0.29) is 30.4 Å². The number of imidazole rings is 2. The molecule has 0 bridgehead atoms. The van der Waals surface area contributed by atoms with Gasteiger partial charge in [0.1, 0.15) is 17.7 Å². The number of methoxy groups -OCH3 is 2. The van der Waals surface area contributed by atoms with E-state index in [0.29, 0.717) is 31.2 Å². The predicted molar refractivity (Wildman–Crippen MR) is 207 cm³/mol. The first-order valence-corrected chi connectivity index (χ1v) is 18.9. The van der Waals surface area contributed by atoms with Crippen molar-refractivity contribution in [1.82, 2.24) is 44.8 Å². The molecule has 5 heterocycles. The molecule has 0 spiro atoms. The van der Waals surface area contributed by atoms with Crippen molar-refractivity contribution in [2.45, 2.75) is 69.5 Å². The summed E-state index contributed by atoms with van der Waals surface area (Å²) in [5.41, 5.74) is 10.9. The van der Waals surface area contributed by atoms with Gasteiger partial charge in [-0.2, -0.15) is 5.10 Å². The van der Waals surface area contributed by atoms with Gasteiger partial charge in [-0.3, -0.25) is 14.3 Å². The van der Waals surface area contributed by atoms with E-state index in [0.717, 1.165) is 52.9 Å². The number of nitrogens with zero attached hydrogens (tertiary/aromatic N) is 6. The van der Waals surface area contributed by atoms with Crippen LogP contribution in [0.3, 0.4) is 0 Å². The molecular weight excluding hydrogens is 733 g/mol. The number of alkyl carbamates (subject to hydrolysis) is 1. The molecule has 0 saturated carbocycles. The fraction of sp³-hybridized carbons (Fsp3) is 0.375. The Kier molecular flexibility index (Phi) is 11.6. The van der Waals surface area contributed by atoms with Crippen molar-refractivity contribution in [1.29, 1.82) is 0 Å². The quantitative estimate of drug-likeness (QED) is 0.131. The zero-order valence-electron chi connectivity index (χ0n) is 32.0. The summed E-state index contributed by atoms with van der Waals surface area (Å²) >= 11 is 0. The normalized spacial score (nSPS) is 18.2. The summed E-state index contributed by atoms with van der Waals surface area (Å²) in [4.78, 5) is 70.4. The average molecular weight is 779 g/mol. The summed E-state index contributed by atoms with van der Waals surface area (Å²) in [6, 6.07) is 16.5. The van der Waals surface area contributed by atoms with Crippen LogP contribution >= 0.6 is 0 Å². The number of hydrogen-bond donors (Lipinski definition) is 4. The molecule has 5 N–H and O–H groups in total. The number of carbonyl (C=O) groups is 4. The fourth-order valence-corrected chi connectivity index (χ4v) is 7.57. The third-order valence-corrected chi connectivity index (χ3v) is 10.6. The van der Waals surface area contributed by atoms with Gasteiger partial charge in [-0.1, -0.05) is 48.5 Å². The van der Waals surface area contributed by atoms with Gasteiger partial charge in [-0.05, 0) is 60.9 Å². The summed E-state index contributed by atoms with van der Waals surface area (Å²) in [7, 11) is 2.75. The number of aromatic nitrogens is 6. The van der Waals surface area contributed by atoms with Crippen molar-refractivity contribution in [3.63, 3.8) is 0 Å². The molecule has 7 rings (SSSR count). The highest BCUT2D eigenvalue weighted by Gasteiger charge is 2.39. The minimum absolute atomic E-state index is 0.0545. The molecule has 2 aliphatic rings. The summed E-state index contributed by atoms with van der Waals surface area (Å²) in [5.74, 6) is 0.730. The molecule has 2 aliphatic heterocycles. The van der Waals surface area contributed by atoms with E-state index >= 15 is 0 Å². The molecule has 17 nitrogen and oxygen atoms in total. The highest BCUT2D eigenvalue weighted by atomic mass is 16.6. The van der Waals surface area contributed by atoms with E-state index in [9.17, 15) is 19.2 Å². The van der Waals surface area contributed by atoms with Gasteiger partial charge in [0, 0.05) is 32.6 Å². The molecule has 2 aromatic carbocycles.